The first kappa shape index (κ1) is 23.5. The summed E-state index contributed by atoms with van der Waals surface area (Å²) in [6.07, 6.45) is 7.28. The van der Waals surface area contributed by atoms with E-state index in [4.69, 9.17) is 4.74 Å². The molecule has 2 fully saturated rings. The molecule has 4 aliphatic rings. The van der Waals surface area contributed by atoms with Gasteiger partial charge in [-0.2, -0.15) is 0 Å². The lowest BCUT2D eigenvalue weighted by Gasteiger charge is -2.54. The summed E-state index contributed by atoms with van der Waals surface area (Å²) in [6.45, 7) is 2.10. The summed E-state index contributed by atoms with van der Waals surface area (Å²) < 4.78 is 5.18. The Morgan fingerprint density at radius 2 is 1.88 bits per heavy atom. The summed E-state index contributed by atoms with van der Waals surface area (Å²) in [5.74, 6) is 0.789. The van der Waals surface area contributed by atoms with Crippen molar-refractivity contribution < 1.29 is 19.4 Å². The SMILES string of the molecule is COCC(=O)[C@@]1(O)CCC2C3CCC4=CC(=O)CCC4=C3[C@@H](c3ccc(N(C)C)cc3)C[C@@]21C. The van der Waals surface area contributed by atoms with Gasteiger partial charge in [-0.25, -0.2) is 0 Å². The molecule has 0 aromatic heterocycles. The van der Waals surface area contributed by atoms with Gasteiger partial charge in [0, 0.05) is 44.6 Å². The first-order valence-electron chi connectivity index (χ1n) is 12.7. The highest BCUT2D eigenvalue weighted by Gasteiger charge is 2.65. The van der Waals surface area contributed by atoms with E-state index in [0.717, 1.165) is 37.8 Å². The Hall–Kier alpha value is -2.24. The van der Waals surface area contributed by atoms with Crippen LogP contribution in [-0.4, -0.2) is 50.1 Å². The molecule has 4 aliphatic carbocycles. The van der Waals surface area contributed by atoms with Crippen LogP contribution in [0.4, 0.5) is 5.69 Å². The predicted octanol–water partition coefficient (Wildman–Crippen LogP) is 4.60. The summed E-state index contributed by atoms with van der Waals surface area (Å²) in [6, 6.07) is 8.74. The number of carbonyl (C=O) groups excluding carboxylic acids is 2. The van der Waals surface area contributed by atoms with Crippen LogP contribution in [0.5, 0.6) is 0 Å². The lowest BCUT2D eigenvalue weighted by molar-refractivity contribution is -0.158. The van der Waals surface area contributed by atoms with Gasteiger partial charge >= 0.3 is 0 Å². The minimum atomic E-state index is -1.36. The van der Waals surface area contributed by atoms with Crippen molar-refractivity contribution in [3.8, 4) is 0 Å². The Bertz CT molecular complexity index is 1070. The van der Waals surface area contributed by atoms with Crippen molar-refractivity contribution in [2.24, 2.45) is 17.3 Å². The van der Waals surface area contributed by atoms with Gasteiger partial charge in [0.15, 0.2) is 11.6 Å². The van der Waals surface area contributed by atoms with Crippen molar-refractivity contribution >= 4 is 17.3 Å². The van der Waals surface area contributed by atoms with Crippen molar-refractivity contribution in [2.45, 2.75) is 63.4 Å². The maximum atomic E-state index is 13.2. The zero-order valence-electron chi connectivity index (χ0n) is 20.9. The number of allylic oxidation sites excluding steroid dienone is 4. The van der Waals surface area contributed by atoms with E-state index in [2.05, 4.69) is 36.1 Å². The maximum absolute atomic E-state index is 13.2. The van der Waals surface area contributed by atoms with Gasteiger partial charge in [0.1, 0.15) is 12.2 Å². The second-order valence-corrected chi connectivity index (χ2v) is 11.2. The Kier molecular flexibility index (Phi) is 5.84. The normalized spacial score (nSPS) is 34.8. The van der Waals surface area contributed by atoms with Crippen LogP contribution < -0.4 is 4.90 Å². The summed E-state index contributed by atoms with van der Waals surface area (Å²) in [5, 5.41) is 11.9. The third-order valence-corrected chi connectivity index (χ3v) is 9.44. The summed E-state index contributed by atoms with van der Waals surface area (Å²) in [4.78, 5) is 27.5. The molecular weight excluding hydrogens is 426 g/mol. The number of hydrogen-bond donors (Lipinski definition) is 1. The molecule has 1 aromatic carbocycles. The van der Waals surface area contributed by atoms with Gasteiger partial charge in [-0.1, -0.05) is 24.6 Å². The van der Waals surface area contributed by atoms with Gasteiger partial charge in [-0.05, 0) is 85.3 Å². The number of hydrogen-bond acceptors (Lipinski definition) is 5. The number of ether oxygens (including phenoxy) is 1. The minimum Gasteiger partial charge on any atom is -0.381 e. The molecule has 0 aliphatic heterocycles. The summed E-state index contributed by atoms with van der Waals surface area (Å²) in [7, 11) is 5.60. The molecule has 182 valence electrons. The molecule has 2 saturated carbocycles. The Labute approximate surface area is 202 Å². The molecule has 0 saturated heterocycles. The average molecular weight is 464 g/mol. The van der Waals surface area contributed by atoms with Crippen LogP contribution in [0.15, 0.2) is 47.1 Å². The molecule has 0 radical (unpaired) electrons. The standard InChI is InChI=1S/C29H37NO4/c1-28-16-24(18-5-8-20(9-6-18)30(2)3)27-22-12-10-21(31)15-19(22)7-11-23(27)25(28)13-14-29(28,33)26(32)17-34-4/h5-6,8-9,15,23-25,33H,7,10-14,16-17H2,1-4H3/t23?,24-,25?,28+,29+/m1/s1. The smallest absolute Gasteiger partial charge is 0.190 e. The van der Waals surface area contributed by atoms with Crippen molar-refractivity contribution in [1.29, 1.82) is 0 Å². The summed E-state index contributed by atoms with van der Waals surface area (Å²) >= 11 is 0. The number of benzene rings is 1. The second kappa shape index (κ2) is 8.46. The number of nitrogens with zero attached hydrogens (tertiary/aromatic N) is 1. The van der Waals surface area contributed by atoms with Crippen LogP contribution in [0.1, 0.15) is 63.4 Å². The zero-order valence-corrected chi connectivity index (χ0v) is 20.9. The van der Waals surface area contributed by atoms with E-state index in [1.807, 2.05) is 20.2 Å². The molecule has 5 nitrogen and oxygen atoms in total. The van der Waals surface area contributed by atoms with Crippen LogP contribution in [-0.2, 0) is 14.3 Å². The largest absolute Gasteiger partial charge is 0.381 e. The first-order valence-corrected chi connectivity index (χ1v) is 12.7. The Balaban J connectivity index is 1.65. The van der Waals surface area contributed by atoms with E-state index in [9.17, 15) is 14.7 Å². The molecule has 5 atom stereocenters. The van der Waals surface area contributed by atoms with Crippen LogP contribution in [0.25, 0.3) is 0 Å². The van der Waals surface area contributed by atoms with E-state index in [1.165, 1.54) is 29.4 Å². The zero-order chi connectivity index (χ0) is 24.3. The van der Waals surface area contributed by atoms with Crippen LogP contribution >= 0.6 is 0 Å². The van der Waals surface area contributed by atoms with E-state index in [1.54, 1.807) is 0 Å². The van der Waals surface area contributed by atoms with Crippen molar-refractivity contribution in [1.82, 2.24) is 0 Å². The van der Waals surface area contributed by atoms with E-state index >= 15 is 0 Å². The quantitative estimate of drug-likeness (QED) is 0.691. The molecular formula is C29H37NO4. The highest BCUT2D eigenvalue weighted by molar-refractivity contribution is 5.93. The number of anilines is 1. The Morgan fingerprint density at radius 3 is 2.56 bits per heavy atom. The number of ketones is 2. The average Bonchev–Trinajstić information content (AvgIpc) is 3.10. The molecule has 5 heteroatoms. The minimum absolute atomic E-state index is 0.0470. The maximum Gasteiger partial charge on any atom is 0.190 e. The molecule has 0 bridgehead atoms. The number of fused-ring (bicyclic) bond motifs is 4. The third kappa shape index (κ3) is 3.43. The summed E-state index contributed by atoms with van der Waals surface area (Å²) in [5.41, 5.74) is 4.62. The molecule has 0 amide bonds. The van der Waals surface area contributed by atoms with Gasteiger partial charge in [0.25, 0.3) is 0 Å². The van der Waals surface area contributed by atoms with Crippen LogP contribution in [0.3, 0.4) is 0 Å². The molecule has 5 rings (SSSR count). The molecule has 0 spiro atoms. The monoisotopic (exact) mass is 463 g/mol. The highest BCUT2D eigenvalue weighted by atomic mass is 16.5. The first-order chi connectivity index (χ1) is 16.2. The lowest BCUT2D eigenvalue weighted by atomic mass is 9.50. The van der Waals surface area contributed by atoms with Crippen molar-refractivity contribution in [3.63, 3.8) is 0 Å². The third-order valence-electron chi connectivity index (χ3n) is 9.44. The second-order valence-electron chi connectivity index (χ2n) is 11.2. The topological polar surface area (TPSA) is 66.8 Å². The molecule has 1 aromatic rings. The van der Waals surface area contributed by atoms with E-state index < -0.39 is 11.0 Å². The fourth-order valence-electron chi connectivity index (χ4n) is 7.68. The number of aliphatic hydroxyl groups is 1. The van der Waals surface area contributed by atoms with Crippen molar-refractivity contribution in [2.75, 3.05) is 32.7 Å². The van der Waals surface area contributed by atoms with Gasteiger partial charge in [-0.3, -0.25) is 9.59 Å². The fraction of sp³-hybridized carbons (Fsp3) is 0.586. The van der Waals surface area contributed by atoms with E-state index in [-0.39, 0.29) is 30.0 Å². The number of rotatable bonds is 5. The lowest BCUT2D eigenvalue weighted by Crippen LogP contribution is -2.56. The van der Waals surface area contributed by atoms with E-state index in [0.29, 0.717) is 18.8 Å². The van der Waals surface area contributed by atoms with Crippen LogP contribution in [0.2, 0.25) is 0 Å². The number of methoxy groups -OCH3 is 1. The van der Waals surface area contributed by atoms with Gasteiger partial charge < -0.3 is 14.7 Å². The molecule has 34 heavy (non-hydrogen) atoms. The molecule has 0 heterocycles. The fourth-order valence-corrected chi connectivity index (χ4v) is 7.68. The predicted molar refractivity (Wildman–Crippen MR) is 133 cm³/mol. The highest BCUT2D eigenvalue weighted by Crippen LogP contribution is 2.66. The Morgan fingerprint density at radius 1 is 1.15 bits per heavy atom. The van der Waals surface area contributed by atoms with Gasteiger partial charge in [0.2, 0.25) is 0 Å². The number of Topliss-reactive ketones (excluding diaryl/α,β-unsaturated/α-hetero) is 1. The van der Waals surface area contributed by atoms with Gasteiger partial charge in [0.05, 0.1) is 0 Å². The molecule has 1 N–H and O–H groups in total. The number of carbonyl (C=O) groups is 2. The molecule has 2 unspecified atom stereocenters. The van der Waals surface area contributed by atoms with Gasteiger partial charge in [-0.15, -0.1) is 0 Å². The van der Waals surface area contributed by atoms with Crippen molar-refractivity contribution in [3.05, 3.63) is 52.6 Å². The van der Waals surface area contributed by atoms with Crippen LogP contribution in [0, 0.1) is 17.3 Å².